The Morgan fingerprint density at radius 2 is 1.98 bits per heavy atom. The summed E-state index contributed by atoms with van der Waals surface area (Å²) in [4.78, 5) is 44.4. The molecule has 3 aliphatic rings. The zero-order chi connectivity index (χ0) is 30.4. The molecule has 5 rings (SSSR count). The second-order valence-corrected chi connectivity index (χ2v) is 13.6. The molecule has 13 heteroatoms. The molecule has 2 N–H and O–H groups in total. The number of fused-ring (bicyclic) bond motifs is 1. The van der Waals surface area contributed by atoms with E-state index in [1.54, 1.807) is 58.2 Å². The molecular formula is C29H34N4O8S. The fraction of sp³-hybridized carbons (Fsp3) is 0.483. The predicted molar refractivity (Wildman–Crippen MR) is 153 cm³/mol. The Balaban J connectivity index is 1.42. The summed E-state index contributed by atoms with van der Waals surface area (Å²) in [6.45, 7) is 8.84. The number of hydrogen-bond donors (Lipinski definition) is 2. The van der Waals surface area contributed by atoms with Gasteiger partial charge in [0.1, 0.15) is 40.9 Å². The predicted octanol–water partition coefficient (Wildman–Crippen LogP) is 2.47. The van der Waals surface area contributed by atoms with E-state index in [-0.39, 0.29) is 18.5 Å². The molecule has 4 atom stereocenters. The van der Waals surface area contributed by atoms with E-state index in [9.17, 15) is 22.8 Å². The number of aromatic nitrogens is 1. The zero-order valence-electron chi connectivity index (χ0n) is 23.9. The highest BCUT2D eigenvalue weighted by molar-refractivity contribution is 7.90. The molecule has 12 nitrogen and oxygen atoms in total. The number of methoxy groups -OCH3 is 1. The number of hydrogen-bond acceptors (Lipinski definition) is 9. The maximum atomic E-state index is 13.8. The van der Waals surface area contributed by atoms with Gasteiger partial charge in [0.05, 0.1) is 35.9 Å². The average molecular weight is 599 g/mol. The highest BCUT2D eigenvalue weighted by Gasteiger charge is 2.65. The summed E-state index contributed by atoms with van der Waals surface area (Å²) in [5.74, 6) is 1.43. The number of nitrogens with one attached hydrogen (secondary N) is 2. The molecule has 0 spiro atoms. The molecule has 1 aromatic carbocycles. The largest absolute Gasteiger partial charge is 0.497 e. The smallest absolute Gasteiger partial charge is 0.411 e. The van der Waals surface area contributed by atoms with E-state index in [4.69, 9.17) is 14.2 Å². The summed E-state index contributed by atoms with van der Waals surface area (Å²) in [7, 11) is -2.27. The lowest BCUT2D eigenvalue weighted by molar-refractivity contribution is -0.126. The third-order valence-electron chi connectivity index (χ3n) is 7.45. The lowest BCUT2D eigenvalue weighted by atomic mass is 10.1. The van der Waals surface area contributed by atoms with E-state index in [2.05, 4.69) is 21.6 Å². The van der Waals surface area contributed by atoms with Gasteiger partial charge in [-0.05, 0) is 51.8 Å². The molecule has 42 heavy (non-hydrogen) atoms. The first-order valence-corrected chi connectivity index (χ1v) is 15.2. The van der Waals surface area contributed by atoms with Crippen LogP contribution in [0.2, 0.25) is 0 Å². The molecule has 0 radical (unpaired) electrons. The molecule has 2 amide bonds. The molecular weight excluding hydrogens is 564 g/mol. The summed E-state index contributed by atoms with van der Waals surface area (Å²) in [6, 6.07) is 5.97. The van der Waals surface area contributed by atoms with Crippen molar-refractivity contribution in [2.24, 2.45) is 5.92 Å². The van der Waals surface area contributed by atoms with Gasteiger partial charge in [0.15, 0.2) is 0 Å². The van der Waals surface area contributed by atoms with Crippen LogP contribution in [-0.4, -0.2) is 78.6 Å². The van der Waals surface area contributed by atoms with Crippen molar-refractivity contribution >= 4 is 38.9 Å². The first kappa shape index (κ1) is 29.6. The minimum atomic E-state index is -3.83. The Hall–Kier alpha value is -3.93. The van der Waals surface area contributed by atoms with Gasteiger partial charge in [0.2, 0.25) is 15.9 Å². The second-order valence-electron chi connectivity index (χ2n) is 11.7. The van der Waals surface area contributed by atoms with Gasteiger partial charge >= 0.3 is 6.09 Å². The average Bonchev–Trinajstić information content (AvgIpc) is 3.82. The molecule has 4 unspecified atom stereocenters. The first-order chi connectivity index (χ1) is 19.8. The molecule has 2 aliphatic carbocycles. The summed E-state index contributed by atoms with van der Waals surface area (Å²) >= 11 is 0. The van der Waals surface area contributed by atoms with Crippen molar-refractivity contribution in [3.63, 3.8) is 0 Å². The van der Waals surface area contributed by atoms with Crippen molar-refractivity contribution in [2.45, 2.75) is 68.7 Å². The van der Waals surface area contributed by atoms with Crippen molar-refractivity contribution in [2.75, 3.05) is 13.7 Å². The SMILES string of the molecule is C=CC1C(=C=O)C1(NC(=O)C1CC(Oc2ccnc3cc(OC)ccc23)CN1C(=O)OC(C)(C)C)NS(=O)(=O)C1CC1. The summed E-state index contributed by atoms with van der Waals surface area (Å²) in [5.41, 5.74) is -1.87. The van der Waals surface area contributed by atoms with Gasteiger partial charge in [-0.1, -0.05) is 6.08 Å². The van der Waals surface area contributed by atoms with Crippen molar-refractivity contribution in [3.8, 4) is 11.5 Å². The lowest BCUT2D eigenvalue weighted by Gasteiger charge is -2.29. The topological polar surface area (TPSA) is 153 Å². The number of carbonyl (C=O) groups excluding carboxylic acids is 3. The van der Waals surface area contributed by atoms with Crippen molar-refractivity contribution in [1.82, 2.24) is 19.9 Å². The summed E-state index contributed by atoms with van der Waals surface area (Å²) < 4.78 is 45.4. The molecule has 224 valence electrons. The van der Waals surface area contributed by atoms with E-state index in [1.165, 1.54) is 11.0 Å². The van der Waals surface area contributed by atoms with Crippen LogP contribution in [0, 0.1) is 5.92 Å². The fourth-order valence-corrected chi connectivity index (χ4v) is 6.87. The van der Waals surface area contributed by atoms with E-state index in [1.807, 2.05) is 6.07 Å². The van der Waals surface area contributed by atoms with Crippen LogP contribution in [0.15, 0.2) is 48.7 Å². The Kier molecular flexibility index (Phi) is 7.55. The van der Waals surface area contributed by atoms with Gasteiger partial charge in [-0.2, -0.15) is 4.72 Å². The lowest BCUT2D eigenvalue weighted by Crippen LogP contribution is -2.57. The third kappa shape index (κ3) is 5.72. The third-order valence-corrected chi connectivity index (χ3v) is 9.40. The van der Waals surface area contributed by atoms with Crippen LogP contribution < -0.4 is 19.5 Å². The highest BCUT2D eigenvalue weighted by atomic mass is 32.2. The van der Waals surface area contributed by atoms with Crippen molar-refractivity contribution < 1.29 is 37.0 Å². The van der Waals surface area contributed by atoms with Gasteiger partial charge in [0.25, 0.3) is 0 Å². The number of amides is 2. The fourth-order valence-electron chi connectivity index (χ4n) is 5.21. The van der Waals surface area contributed by atoms with Gasteiger partial charge < -0.3 is 19.5 Å². The second kappa shape index (κ2) is 10.7. The minimum absolute atomic E-state index is 0.0170. The number of carbonyl (C=O) groups is 2. The summed E-state index contributed by atoms with van der Waals surface area (Å²) in [6.07, 6.45) is 2.68. The number of rotatable bonds is 9. The summed E-state index contributed by atoms with van der Waals surface area (Å²) in [5, 5.41) is 2.82. The van der Waals surface area contributed by atoms with Gasteiger partial charge in [-0.3, -0.25) is 14.7 Å². The highest BCUT2D eigenvalue weighted by Crippen LogP contribution is 2.48. The number of sulfonamides is 1. The normalized spacial score (nSPS) is 25.5. The molecule has 1 aromatic heterocycles. The first-order valence-electron chi connectivity index (χ1n) is 13.6. The van der Waals surface area contributed by atoms with E-state index in [0.29, 0.717) is 29.9 Å². The van der Waals surface area contributed by atoms with Gasteiger partial charge in [-0.25, -0.2) is 18.0 Å². The van der Waals surface area contributed by atoms with Crippen molar-refractivity contribution in [1.29, 1.82) is 0 Å². The minimum Gasteiger partial charge on any atom is -0.497 e. The monoisotopic (exact) mass is 598 g/mol. The number of likely N-dealkylation sites (tertiary alicyclic amines) is 1. The number of ether oxygens (including phenoxy) is 3. The molecule has 0 bridgehead atoms. The van der Waals surface area contributed by atoms with Gasteiger partial charge in [0, 0.05) is 24.1 Å². The molecule has 1 saturated heterocycles. The Bertz CT molecular complexity index is 1590. The van der Waals surface area contributed by atoms with Crippen LogP contribution in [-0.2, 0) is 24.3 Å². The standard InChI is InChI=1S/C29H34N4O8S/c1-6-21-22(16-34)29(21,32-42(37,38)19-8-9-19)31-26(35)24-14-18(15-33(24)27(36)41-28(2,3)4)40-25-11-12-30-23-13-17(39-5)7-10-20(23)25/h6-7,10-13,18-19,21,24,32H,1,8-9,14-15H2,2-5H3,(H,31,35). The number of pyridine rings is 1. The van der Waals surface area contributed by atoms with Crippen LogP contribution in [0.1, 0.15) is 40.0 Å². The van der Waals surface area contributed by atoms with Crippen LogP contribution in [0.3, 0.4) is 0 Å². The van der Waals surface area contributed by atoms with E-state index in [0.717, 1.165) is 5.39 Å². The van der Waals surface area contributed by atoms with Crippen LogP contribution in [0.4, 0.5) is 4.79 Å². The maximum Gasteiger partial charge on any atom is 0.411 e. The molecule has 1 aliphatic heterocycles. The Morgan fingerprint density at radius 1 is 1.24 bits per heavy atom. The van der Waals surface area contributed by atoms with Crippen molar-refractivity contribution in [3.05, 3.63) is 48.7 Å². The van der Waals surface area contributed by atoms with Crippen LogP contribution in [0.25, 0.3) is 10.9 Å². The molecule has 2 saturated carbocycles. The quantitative estimate of drug-likeness (QED) is 0.252. The number of benzene rings is 1. The van der Waals surface area contributed by atoms with Crippen LogP contribution >= 0.6 is 0 Å². The zero-order valence-corrected chi connectivity index (χ0v) is 24.7. The van der Waals surface area contributed by atoms with E-state index >= 15 is 0 Å². The molecule has 2 heterocycles. The van der Waals surface area contributed by atoms with Gasteiger partial charge in [-0.15, -0.1) is 6.58 Å². The Morgan fingerprint density at radius 3 is 2.57 bits per heavy atom. The number of nitrogens with zero attached hydrogens (tertiary/aromatic N) is 2. The van der Waals surface area contributed by atoms with Crippen LogP contribution in [0.5, 0.6) is 11.5 Å². The molecule has 2 aromatic rings. The van der Waals surface area contributed by atoms with E-state index < -0.39 is 56.6 Å². The maximum absolute atomic E-state index is 13.8. The Labute approximate surface area is 244 Å². The molecule has 3 fully saturated rings.